The monoisotopic (exact) mass is 230 g/mol. The van der Waals surface area contributed by atoms with Crippen molar-refractivity contribution in [2.75, 3.05) is 0 Å². The lowest BCUT2D eigenvalue weighted by Gasteiger charge is -2.02. The van der Waals surface area contributed by atoms with Crippen molar-refractivity contribution in [3.05, 3.63) is 40.1 Å². The molecule has 0 amide bonds. The van der Waals surface area contributed by atoms with E-state index in [9.17, 15) is 4.79 Å². The van der Waals surface area contributed by atoms with E-state index in [1.54, 1.807) is 16.8 Å². The molecular formula is C10H10N6O. The fourth-order valence-corrected chi connectivity index (χ4v) is 1.77. The summed E-state index contributed by atoms with van der Waals surface area (Å²) in [6.45, 7) is 3.84. The molecule has 0 aliphatic rings. The summed E-state index contributed by atoms with van der Waals surface area (Å²) in [5.41, 5.74) is 2.00. The first-order chi connectivity index (χ1) is 8.15. The summed E-state index contributed by atoms with van der Waals surface area (Å²) < 4.78 is 2.90. The van der Waals surface area contributed by atoms with Crippen LogP contribution in [0.4, 0.5) is 0 Å². The molecule has 0 spiro atoms. The number of rotatable bonds is 1. The Morgan fingerprint density at radius 1 is 1.24 bits per heavy atom. The van der Waals surface area contributed by atoms with E-state index >= 15 is 0 Å². The van der Waals surface area contributed by atoms with E-state index in [-0.39, 0.29) is 5.69 Å². The lowest BCUT2D eigenvalue weighted by Crippen LogP contribution is -2.14. The molecule has 0 saturated heterocycles. The maximum atomic E-state index is 11.4. The van der Waals surface area contributed by atoms with Gasteiger partial charge >= 0.3 is 5.69 Å². The summed E-state index contributed by atoms with van der Waals surface area (Å²) in [6.07, 6.45) is 0. The molecule has 0 bridgehead atoms. The summed E-state index contributed by atoms with van der Waals surface area (Å²) in [5.74, 6) is 0.589. The Morgan fingerprint density at radius 3 is 2.76 bits per heavy atom. The summed E-state index contributed by atoms with van der Waals surface area (Å²) in [4.78, 5) is 11.4. The molecule has 7 heteroatoms. The molecule has 7 nitrogen and oxygen atoms in total. The van der Waals surface area contributed by atoms with E-state index in [2.05, 4.69) is 20.4 Å². The van der Waals surface area contributed by atoms with Crippen LogP contribution >= 0.6 is 0 Å². The highest BCUT2D eigenvalue weighted by atomic mass is 16.2. The molecule has 0 aliphatic heterocycles. The average molecular weight is 230 g/mol. The molecule has 0 radical (unpaired) electrons. The molecule has 0 aromatic carbocycles. The summed E-state index contributed by atoms with van der Waals surface area (Å²) in [6, 6.07) is 5.44. The van der Waals surface area contributed by atoms with Crippen molar-refractivity contribution in [2.45, 2.75) is 13.8 Å². The molecule has 3 rings (SSSR count). The third kappa shape index (κ3) is 1.43. The van der Waals surface area contributed by atoms with Crippen molar-refractivity contribution < 1.29 is 0 Å². The van der Waals surface area contributed by atoms with Crippen molar-refractivity contribution in [1.82, 2.24) is 29.6 Å². The number of hydrogen-bond acceptors (Lipinski definition) is 4. The molecule has 3 aromatic heterocycles. The lowest BCUT2D eigenvalue weighted by molar-refractivity contribution is 0.755. The third-order valence-corrected chi connectivity index (χ3v) is 2.49. The topological polar surface area (TPSA) is 80.9 Å². The molecule has 0 unspecified atom stereocenters. The van der Waals surface area contributed by atoms with E-state index in [4.69, 9.17) is 0 Å². The zero-order valence-electron chi connectivity index (χ0n) is 9.38. The highest BCUT2D eigenvalue weighted by Crippen LogP contribution is 2.09. The molecule has 0 aliphatic carbocycles. The van der Waals surface area contributed by atoms with Crippen molar-refractivity contribution in [1.29, 1.82) is 0 Å². The number of hydrogen-bond donors (Lipinski definition) is 1. The summed E-state index contributed by atoms with van der Waals surface area (Å²) in [5, 5.41) is 14.7. The van der Waals surface area contributed by atoms with Gasteiger partial charge in [0.25, 0.3) is 0 Å². The van der Waals surface area contributed by atoms with Gasteiger partial charge in [0.15, 0.2) is 11.5 Å². The molecule has 0 saturated carbocycles. The van der Waals surface area contributed by atoms with Crippen LogP contribution < -0.4 is 5.69 Å². The quantitative estimate of drug-likeness (QED) is 0.648. The maximum absolute atomic E-state index is 11.4. The molecule has 3 aromatic rings. The Labute approximate surface area is 95.7 Å². The standard InChI is InChI=1S/C10H10N6O/c1-6-5-7(2)15(13-6)9-4-3-8-11-12-10(17)16(8)14-9/h3-5H,1-2H3,(H,12,17). The van der Waals surface area contributed by atoms with Gasteiger partial charge in [-0.25, -0.2) is 14.6 Å². The minimum absolute atomic E-state index is 0.358. The number of aromatic amines is 1. The molecule has 17 heavy (non-hydrogen) atoms. The van der Waals surface area contributed by atoms with Gasteiger partial charge in [-0.1, -0.05) is 0 Å². The van der Waals surface area contributed by atoms with Gasteiger partial charge in [-0.3, -0.25) is 0 Å². The van der Waals surface area contributed by atoms with Gasteiger partial charge in [-0.05, 0) is 32.0 Å². The Morgan fingerprint density at radius 2 is 2.06 bits per heavy atom. The van der Waals surface area contributed by atoms with Gasteiger partial charge in [0, 0.05) is 5.69 Å². The molecule has 1 N–H and O–H groups in total. The van der Waals surface area contributed by atoms with Crippen molar-refractivity contribution in [3.63, 3.8) is 0 Å². The van der Waals surface area contributed by atoms with Gasteiger partial charge in [0.05, 0.1) is 5.69 Å². The second kappa shape index (κ2) is 3.27. The number of aromatic nitrogens is 6. The summed E-state index contributed by atoms with van der Waals surface area (Å²) >= 11 is 0. The average Bonchev–Trinajstić information content (AvgIpc) is 2.83. The predicted molar refractivity (Wildman–Crippen MR) is 60.2 cm³/mol. The zero-order valence-corrected chi connectivity index (χ0v) is 9.38. The molecule has 0 atom stereocenters. The van der Waals surface area contributed by atoms with Crippen LogP contribution in [0.25, 0.3) is 11.5 Å². The summed E-state index contributed by atoms with van der Waals surface area (Å²) in [7, 11) is 0. The van der Waals surface area contributed by atoms with Crippen LogP contribution in [0.3, 0.4) is 0 Å². The van der Waals surface area contributed by atoms with Gasteiger partial charge in [0.1, 0.15) is 0 Å². The van der Waals surface area contributed by atoms with Gasteiger partial charge in [-0.15, -0.1) is 5.10 Å². The first kappa shape index (κ1) is 9.76. The largest absolute Gasteiger partial charge is 0.364 e. The van der Waals surface area contributed by atoms with E-state index in [0.717, 1.165) is 11.4 Å². The van der Waals surface area contributed by atoms with Gasteiger partial charge < -0.3 is 0 Å². The van der Waals surface area contributed by atoms with E-state index in [1.807, 2.05) is 19.9 Å². The second-order valence-electron chi connectivity index (χ2n) is 3.83. The molecular weight excluding hydrogens is 220 g/mol. The number of fused-ring (bicyclic) bond motifs is 1. The Kier molecular flexibility index (Phi) is 1.88. The molecule has 0 fully saturated rings. The SMILES string of the molecule is Cc1cc(C)n(-c2ccc3n[nH]c(=O)n3n2)n1. The highest BCUT2D eigenvalue weighted by Gasteiger charge is 2.07. The predicted octanol–water partition coefficient (Wildman–Crippen LogP) is 0.220. The minimum Gasteiger partial charge on any atom is -0.244 e. The van der Waals surface area contributed by atoms with E-state index in [0.29, 0.717) is 11.5 Å². The number of nitrogens with one attached hydrogen (secondary N) is 1. The van der Waals surface area contributed by atoms with Crippen molar-refractivity contribution in [3.8, 4) is 5.82 Å². The smallest absolute Gasteiger partial charge is 0.244 e. The molecule has 86 valence electrons. The highest BCUT2D eigenvalue weighted by molar-refractivity contribution is 5.38. The van der Waals surface area contributed by atoms with Crippen LogP contribution in [0.1, 0.15) is 11.4 Å². The number of aryl methyl sites for hydroxylation is 2. The second-order valence-corrected chi connectivity index (χ2v) is 3.83. The fourth-order valence-electron chi connectivity index (χ4n) is 1.77. The van der Waals surface area contributed by atoms with Crippen molar-refractivity contribution in [2.24, 2.45) is 0 Å². The Balaban J connectivity index is 2.27. The van der Waals surface area contributed by atoms with Crippen LogP contribution in [0, 0.1) is 13.8 Å². The van der Waals surface area contributed by atoms with Crippen LogP contribution in [0.2, 0.25) is 0 Å². The van der Waals surface area contributed by atoms with Crippen LogP contribution in [-0.4, -0.2) is 29.6 Å². The van der Waals surface area contributed by atoms with Gasteiger partial charge in [0.2, 0.25) is 0 Å². The van der Waals surface area contributed by atoms with Gasteiger partial charge in [-0.2, -0.15) is 14.7 Å². The first-order valence-corrected chi connectivity index (χ1v) is 5.13. The Bertz CT molecular complexity index is 750. The third-order valence-electron chi connectivity index (χ3n) is 2.49. The lowest BCUT2D eigenvalue weighted by atomic mass is 10.4. The maximum Gasteiger partial charge on any atom is 0.364 e. The Hall–Kier alpha value is -2.44. The van der Waals surface area contributed by atoms with E-state index < -0.39 is 0 Å². The van der Waals surface area contributed by atoms with E-state index in [1.165, 1.54) is 4.52 Å². The van der Waals surface area contributed by atoms with Crippen LogP contribution in [0.5, 0.6) is 0 Å². The normalized spacial score (nSPS) is 11.2. The van der Waals surface area contributed by atoms with Crippen molar-refractivity contribution >= 4 is 5.65 Å². The number of H-pyrrole nitrogens is 1. The minimum atomic E-state index is -0.358. The number of nitrogens with zero attached hydrogens (tertiary/aromatic N) is 5. The molecule has 3 heterocycles. The zero-order chi connectivity index (χ0) is 12.0. The fraction of sp³-hybridized carbons (Fsp3) is 0.200. The van der Waals surface area contributed by atoms with Crippen LogP contribution in [-0.2, 0) is 0 Å². The first-order valence-electron chi connectivity index (χ1n) is 5.13. The van der Waals surface area contributed by atoms with Crippen LogP contribution in [0.15, 0.2) is 23.0 Å².